The van der Waals surface area contributed by atoms with Crippen molar-refractivity contribution in [3.05, 3.63) is 29.3 Å². The molecule has 0 bridgehead atoms. The standard InChI is InChI=1S/C18H24O2.H2O4S/c1-18-9-8-14-13-5-3-12(19)10-11(13)2-4-15(14)16(18)6-7-17(18)20;1-5(2,3)4/h3,5,10,14-17,19-20H,2,4,6-9H2,1H3;(H2,1,2,3,4)/t14-,15-,16+,17-,18+;/m1./s1. The molecule has 140 valence electrons. The molecule has 25 heavy (non-hydrogen) atoms. The fourth-order valence-corrected chi connectivity index (χ4v) is 5.54. The zero-order valence-corrected chi connectivity index (χ0v) is 15.1. The van der Waals surface area contributed by atoms with Gasteiger partial charge in [0, 0.05) is 0 Å². The van der Waals surface area contributed by atoms with E-state index in [1.54, 1.807) is 0 Å². The first kappa shape index (κ1) is 18.6. The van der Waals surface area contributed by atoms with Crippen molar-refractivity contribution in [1.29, 1.82) is 0 Å². The Balaban J connectivity index is 0.000000324. The van der Waals surface area contributed by atoms with Gasteiger partial charge in [-0.25, -0.2) is 0 Å². The van der Waals surface area contributed by atoms with Gasteiger partial charge in [0.05, 0.1) is 6.10 Å². The summed E-state index contributed by atoms with van der Waals surface area (Å²) in [5, 5.41) is 20.0. The number of rotatable bonds is 0. The number of aliphatic hydroxyl groups excluding tert-OH is 1. The van der Waals surface area contributed by atoms with Gasteiger partial charge in [-0.15, -0.1) is 0 Å². The van der Waals surface area contributed by atoms with E-state index in [0.717, 1.165) is 25.2 Å². The van der Waals surface area contributed by atoms with Crippen LogP contribution in [0.3, 0.4) is 0 Å². The Bertz CT molecular complexity index is 738. The minimum absolute atomic E-state index is 0.0883. The third-order valence-electron chi connectivity index (χ3n) is 6.66. The number of fused-ring (bicyclic) bond motifs is 5. The van der Waals surface area contributed by atoms with Crippen molar-refractivity contribution in [1.82, 2.24) is 0 Å². The second-order valence-corrected chi connectivity index (χ2v) is 8.78. The predicted octanol–water partition coefficient (Wildman–Crippen LogP) is 2.96. The van der Waals surface area contributed by atoms with Gasteiger partial charge in [0.15, 0.2) is 0 Å². The molecule has 5 atom stereocenters. The molecule has 0 amide bonds. The van der Waals surface area contributed by atoms with Gasteiger partial charge in [0.2, 0.25) is 0 Å². The lowest BCUT2D eigenvalue weighted by atomic mass is 9.55. The van der Waals surface area contributed by atoms with Gasteiger partial charge in [-0.3, -0.25) is 9.11 Å². The SMILES string of the molecule is C[C@]12CC[C@@H]3c4ccc(O)cc4CC[C@H]3[C@@H]1CC[C@H]2O.O=S(=O)(O)O. The highest BCUT2D eigenvalue weighted by molar-refractivity contribution is 7.79. The summed E-state index contributed by atoms with van der Waals surface area (Å²) in [5.41, 5.74) is 2.99. The predicted molar refractivity (Wildman–Crippen MR) is 92.9 cm³/mol. The van der Waals surface area contributed by atoms with E-state index in [0.29, 0.717) is 17.6 Å². The fourth-order valence-electron chi connectivity index (χ4n) is 5.54. The van der Waals surface area contributed by atoms with Crippen LogP contribution < -0.4 is 0 Å². The quantitative estimate of drug-likeness (QED) is 0.522. The molecule has 1 aromatic carbocycles. The second kappa shape index (κ2) is 6.54. The molecule has 0 heterocycles. The van der Waals surface area contributed by atoms with Crippen LogP contribution in [0, 0.1) is 17.3 Å². The van der Waals surface area contributed by atoms with Crippen LogP contribution in [0.25, 0.3) is 0 Å². The van der Waals surface area contributed by atoms with E-state index in [2.05, 4.69) is 13.0 Å². The minimum atomic E-state index is -4.67. The molecule has 0 spiro atoms. The summed E-state index contributed by atoms with van der Waals surface area (Å²) in [6.45, 7) is 2.32. The molecule has 0 aromatic heterocycles. The highest BCUT2D eigenvalue weighted by Crippen LogP contribution is 2.60. The number of hydrogen-bond donors (Lipinski definition) is 4. The molecule has 2 saturated carbocycles. The highest BCUT2D eigenvalue weighted by Gasteiger charge is 2.54. The molecule has 7 heteroatoms. The van der Waals surface area contributed by atoms with Crippen molar-refractivity contribution < 1.29 is 27.7 Å². The molecule has 0 unspecified atom stereocenters. The Hall–Kier alpha value is -1.15. The van der Waals surface area contributed by atoms with Gasteiger partial charge in [-0.2, -0.15) is 8.42 Å². The summed E-state index contributed by atoms with van der Waals surface area (Å²) in [6, 6.07) is 5.96. The fraction of sp³-hybridized carbons (Fsp3) is 0.667. The molecule has 4 rings (SSSR count). The Morgan fingerprint density at radius 3 is 2.48 bits per heavy atom. The van der Waals surface area contributed by atoms with E-state index >= 15 is 0 Å². The lowest BCUT2D eigenvalue weighted by molar-refractivity contribution is -0.0226. The third kappa shape index (κ3) is 3.69. The summed E-state index contributed by atoms with van der Waals surface area (Å²) in [6.07, 6.45) is 6.78. The van der Waals surface area contributed by atoms with Gasteiger partial charge in [0.25, 0.3) is 0 Å². The van der Waals surface area contributed by atoms with Crippen molar-refractivity contribution in [3.8, 4) is 5.75 Å². The maximum atomic E-state index is 10.4. The van der Waals surface area contributed by atoms with E-state index in [1.165, 1.54) is 30.4 Å². The van der Waals surface area contributed by atoms with Gasteiger partial charge in [-0.1, -0.05) is 13.0 Å². The Labute approximate surface area is 148 Å². The number of hydrogen-bond acceptors (Lipinski definition) is 4. The van der Waals surface area contributed by atoms with E-state index in [1.807, 2.05) is 12.1 Å². The highest BCUT2D eigenvalue weighted by atomic mass is 32.3. The molecule has 0 saturated heterocycles. The average molecular weight is 370 g/mol. The zero-order chi connectivity index (χ0) is 18.4. The lowest BCUT2D eigenvalue weighted by Crippen LogP contribution is -2.43. The Morgan fingerprint density at radius 1 is 1.12 bits per heavy atom. The molecule has 6 nitrogen and oxygen atoms in total. The van der Waals surface area contributed by atoms with Crippen LogP contribution in [0.1, 0.15) is 56.1 Å². The molecule has 0 radical (unpaired) electrons. The van der Waals surface area contributed by atoms with Crippen molar-refractivity contribution in [2.75, 3.05) is 0 Å². The Kier molecular flexibility index (Phi) is 4.87. The normalized spacial score (nSPS) is 36.5. The van der Waals surface area contributed by atoms with E-state index in [9.17, 15) is 10.2 Å². The van der Waals surface area contributed by atoms with Crippen LogP contribution in [0.5, 0.6) is 5.75 Å². The number of aryl methyl sites for hydroxylation is 1. The zero-order valence-electron chi connectivity index (χ0n) is 14.3. The topological polar surface area (TPSA) is 115 Å². The summed E-state index contributed by atoms with van der Waals surface area (Å²) < 4.78 is 31.6. The van der Waals surface area contributed by atoms with Crippen LogP contribution in [0.2, 0.25) is 0 Å². The first-order chi connectivity index (χ1) is 11.6. The maximum Gasteiger partial charge on any atom is 0.394 e. The van der Waals surface area contributed by atoms with E-state index in [-0.39, 0.29) is 11.5 Å². The Morgan fingerprint density at radius 2 is 1.80 bits per heavy atom. The summed E-state index contributed by atoms with van der Waals surface area (Å²) in [5.74, 6) is 2.49. The molecular formula is C18H26O6S. The van der Waals surface area contributed by atoms with E-state index < -0.39 is 10.4 Å². The van der Waals surface area contributed by atoms with Gasteiger partial charge >= 0.3 is 10.4 Å². The van der Waals surface area contributed by atoms with Crippen molar-refractivity contribution in [2.45, 2.75) is 57.5 Å². The number of aliphatic hydroxyl groups is 1. The monoisotopic (exact) mass is 370 g/mol. The summed E-state index contributed by atoms with van der Waals surface area (Å²) in [4.78, 5) is 0. The van der Waals surface area contributed by atoms with Crippen LogP contribution in [-0.4, -0.2) is 33.8 Å². The number of phenolic OH excluding ortho intramolecular Hbond substituents is 1. The number of aromatic hydroxyl groups is 1. The maximum absolute atomic E-state index is 10.4. The van der Waals surface area contributed by atoms with Crippen molar-refractivity contribution in [3.63, 3.8) is 0 Å². The van der Waals surface area contributed by atoms with Crippen LogP contribution in [0.15, 0.2) is 18.2 Å². The van der Waals surface area contributed by atoms with Gasteiger partial charge < -0.3 is 10.2 Å². The molecule has 3 aliphatic carbocycles. The largest absolute Gasteiger partial charge is 0.508 e. The average Bonchev–Trinajstić information content (AvgIpc) is 2.81. The summed E-state index contributed by atoms with van der Waals surface area (Å²) in [7, 11) is -4.67. The molecule has 1 aromatic rings. The number of benzene rings is 1. The molecule has 3 aliphatic rings. The smallest absolute Gasteiger partial charge is 0.394 e. The third-order valence-corrected chi connectivity index (χ3v) is 6.66. The van der Waals surface area contributed by atoms with Gasteiger partial charge in [-0.05, 0) is 85.0 Å². The van der Waals surface area contributed by atoms with Gasteiger partial charge in [0.1, 0.15) is 5.75 Å². The lowest BCUT2D eigenvalue weighted by Gasteiger charge is -2.50. The molecule has 2 fully saturated rings. The molecular weight excluding hydrogens is 344 g/mol. The van der Waals surface area contributed by atoms with Crippen molar-refractivity contribution in [2.24, 2.45) is 17.3 Å². The van der Waals surface area contributed by atoms with E-state index in [4.69, 9.17) is 17.5 Å². The minimum Gasteiger partial charge on any atom is -0.508 e. The first-order valence-electron chi connectivity index (χ1n) is 8.79. The van der Waals surface area contributed by atoms with Crippen LogP contribution in [-0.2, 0) is 16.8 Å². The molecule has 0 aliphatic heterocycles. The van der Waals surface area contributed by atoms with Crippen LogP contribution in [0.4, 0.5) is 0 Å². The van der Waals surface area contributed by atoms with Crippen LogP contribution >= 0.6 is 0 Å². The summed E-state index contributed by atoms with van der Waals surface area (Å²) >= 11 is 0. The molecule has 4 N–H and O–H groups in total. The first-order valence-corrected chi connectivity index (χ1v) is 10.2. The number of phenols is 1. The van der Waals surface area contributed by atoms with Crippen molar-refractivity contribution >= 4 is 10.4 Å². The second-order valence-electron chi connectivity index (χ2n) is 7.88.